The van der Waals surface area contributed by atoms with Crippen molar-refractivity contribution in [1.29, 1.82) is 0 Å². The molecule has 0 amide bonds. The third-order valence-electron chi connectivity index (χ3n) is 4.76. The van der Waals surface area contributed by atoms with Gasteiger partial charge in [-0.25, -0.2) is 0 Å². The molecular weight excluding hydrogens is 250 g/mol. The van der Waals surface area contributed by atoms with Gasteiger partial charge < -0.3 is 4.74 Å². The monoisotopic (exact) mass is 269 g/mol. The van der Waals surface area contributed by atoms with Gasteiger partial charge in [0.2, 0.25) is 0 Å². The number of pyridine rings is 1. The number of hydrogen-bond donors (Lipinski definition) is 2. The minimum absolute atomic E-state index is 0.115. The molecule has 0 aliphatic carbocycles. The maximum absolute atomic E-state index is 5.99. The summed E-state index contributed by atoms with van der Waals surface area (Å²) in [5.74, 6) is 6.32. The van der Waals surface area contributed by atoms with Crippen molar-refractivity contribution >= 4 is 10.9 Å². The average molecular weight is 269 g/mol. The van der Waals surface area contributed by atoms with E-state index in [1.54, 1.807) is 0 Å². The van der Waals surface area contributed by atoms with Gasteiger partial charge in [-0.1, -0.05) is 24.3 Å². The molecule has 20 heavy (non-hydrogen) atoms. The summed E-state index contributed by atoms with van der Waals surface area (Å²) < 4.78 is 5.99. The van der Waals surface area contributed by atoms with E-state index in [1.807, 2.05) is 12.3 Å². The zero-order chi connectivity index (χ0) is 13.5. The number of aromatic nitrogens is 1. The first-order valence-corrected chi connectivity index (χ1v) is 7.32. The molecule has 2 aliphatic rings. The van der Waals surface area contributed by atoms with Crippen molar-refractivity contribution in [2.24, 2.45) is 11.8 Å². The number of hydrogen-bond acceptors (Lipinski definition) is 4. The minimum atomic E-state index is 0.115. The number of nitrogens with zero attached hydrogens (tertiary/aromatic N) is 1. The first-order valence-electron chi connectivity index (χ1n) is 7.32. The number of benzene rings is 1. The van der Waals surface area contributed by atoms with Crippen LogP contribution in [0.1, 0.15) is 30.9 Å². The number of fused-ring (bicyclic) bond motifs is 3. The van der Waals surface area contributed by atoms with Crippen LogP contribution in [0.3, 0.4) is 0 Å². The van der Waals surface area contributed by atoms with Gasteiger partial charge in [-0.05, 0) is 30.9 Å². The first kappa shape index (κ1) is 12.3. The molecular formula is C16H19N3O. The summed E-state index contributed by atoms with van der Waals surface area (Å²) in [4.78, 5) is 4.55. The Kier molecular flexibility index (Phi) is 2.95. The molecule has 4 nitrogen and oxygen atoms in total. The van der Waals surface area contributed by atoms with Crippen LogP contribution >= 0.6 is 0 Å². The van der Waals surface area contributed by atoms with E-state index in [9.17, 15) is 0 Å². The lowest BCUT2D eigenvalue weighted by Crippen LogP contribution is -2.37. The smallest absolute Gasteiger partial charge is 0.0750 e. The Bertz CT molecular complexity index is 625. The Morgan fingerprint density at radius 1 is 1.25 bits per heavy atom. The predicted molar refractivity (Wildman–Crippen MR) is 77.8 cm³/mol. The van der Waals surface area contributed by atoms with Gasteiger partial charge in [0.1, 0.15) is 0 Å². The van der Waals surface area contributed by atoms with Crippen LogP contribution in [0.25, 0.3) is 10.9 Å². The molecule has 0 radical (unpaired) electrons. The van der Waals surface area contributed by atoms with E-state index in [2.05, 4.69) is 34.7 Å². The normalized spacial score (nSPS) is 29.9. The maximum Gasteiger partial charge on any atom is 0.0750 e. The second kappa shape index (κ2) is 4.81. The zero-order valence-corrected chi connectivity index (χ0v) is 11.3. The average Bonchev–Trinajstić information content (AvgIpc) is 3.11. The predicted octanol–water partition coefficient (Wildman–Crippen LogP) is 2.31. The van der Waals surface area contributed by atoms with Gasteiger partial charge in [0.15, 0.2) is 0 Å². The molecule has 2 aromatic rings. The lowest BCUT2D eigenvalue weighted by Gasteiger charge is -2.28. The van der Waals surface area contributed by atoms with E-state index in [-0.39, 0.29) is 6.04 Å². The summed E-state index contributed by atoms with van der Waals surface area (Å²) in [5.41, 5.74) is 5.25. The molecule has 1 aromatic carbocycles. The Hall–Kier alpha value is -1.49. The van der Waals surface area contributed by atoms with E-state index in [4.69, 9.17) is 10.6 Å². The van der Waals surface area contributed by atoms with Crippen LogP contribution in [0.5, 0.6) is 0 Å². The van der Waals surface area contributed by atoms with E-state index < -0.39 is 0 Å². The number of para-hydroxylation sites is 1. The summed E-state index contributed by atoms with van der Waals surface area (Å²) in [6.07, 6.45) is 6.08. The van der Waals surface area contributed by atoms with Crippen LogP contribution in [0, 0.1) is 5.92 Å². The van der Waals surface area contributed by atoms with Crippen LogP contribution in [0.2, 0.25) is 0 Å². The second-order valence-electron chi connectivity index (χ2n) is 5.84. The first-order chi connectivity index (χ1) is 9.86. The molecule has 2 bridgehead atoms. The van der Waals surface area contributed by atoms with Crippen molar-refractivity contribution in [1.82, 2.24) is 10.4 Å². The minimum Gasteiger partial charge on any atom is -0.375 e. The highest BCUT2D eigenvalue weighted by Gasteiger charge is 2.44. The highest BCUT2D eigenvalue weighted by Crippen LogP contribution is 2.45. The standard InChI is InChI=1S/C16H19N3O/c17-19-16(13-9-11-6-7-14(13)20-11)12-5-1-3-10-4-2-8-18-15(10)12/h1-5,8,11,13-14,16,19H,6-7,9,17H2. The molecule has 0 spiro atoms. The number of hydrazine groups is 1. The fraction of sp³-hybridized carbons (Fsp3) is 0.438. The van der Waals surface area contributed by atoms with Gasteiger partial charge in [-0.3, -0.25) is 16.3 Å². The van der Waals surface area contributed by atoms with Crippen molar-refractivity contribution in [2.45, 2.75) is 37.5 Å². The van der Waals surface area contributed by atoms with Gasteiger partial charge in [0.25, 0.3) is 0 Å². The number of nitrogens with one attached hydrogen (secondary N) is 1. The van der Waals surface area contributed by atoms with Crippen LogP contribution < -0.4 is 11.3 Å². The molecule has 104 valence electrons. The zero-order valence-electron chi connectivity index (χ0n) is 11.3. The van der Waals surface area contributed by atoms with Gasteiger partial charge in [0, 0.05) is 17.5 Å². The lowest BCUT2D eigenvalue weighted by molar-refractivity contribution is 0.0858. The van der Waals surface area contributed by atoms with E-state index >= 15 is 0 Å². The highest BCUT2D eigenvalue weighted by atomic mass is 16.5. The summed E-state index contributed by atoms with van der Waals surface area (Å²) in [7, 11) is 0. The van der Waals surface area contributed by atoms with E-state index in [0.29, 0.717) is 18.1 Å². The van der Waals surface area contributed by atoms with Crippen LogP contribution in [0.15, 0.2) is 36.5 Å². The van der Waals surface area contributed by atoms with Crippen molar-refractivity contribution < 1.29 is 4.74 Å². The second-order valence-corrected chi connectivity index (χ2v) is 5.84. The van der Waals surface area contributed by atoms with Crippen LogP contribution in [-0.4, -0.2) is 17.2 Å². The molecule has 3 N–H and O–H groups in total. The van der Waals surface area contributed by atoms with Gasteiger partial charge >= 0.3 is 0 Å². The van der Waals surface area contributed by atoms with E-state index in [1.165, 1.54) is 12.0 Å². The molecule has 4 atom stereocenters. The van der Waals surface area contributed by atoms with Gasteiger partial charge in [0.05, 0.1) is 23.8 Å². The third kappa shape index (κ3) is 1.84. The molecule has 0 saturated carbocycles. The summed E-state index contributed by atoms with van der Waals surface area (Å²) in [6.45, 7) is 0. The van der Waals surface area contributed by atoms with Gasteiger partial charge in [-0.2, -0.15) is 0 Å². The molecule has 2 fully saturated rings. The molecule has 4 rings (SSSR count). The van der Waals surface area contributed by atoms with Crippen molar-refractivity contribution in [3.63, 3.8) is 0 Å². The fourth-order valence-electron chi connectivity index (χ4n) is 3.85. The summed E-state index contributed by atoms with van der Waals surface area (Å²) in [5, 5.41) is 1.16. The van der Waals surface area contributed by atoms with Crippen molar-refractivity contribution in [3.05, 3.63) is 42.1 Å². The Morgan fingerprint density at radius 3 is 2.90 bits per heavy atom. The van der Waals surface area contributed by atoms with Gasteiger partial charge in [-0.15, -0.1) is 0 Å². The molecule has 1 aromatic heterocycles. The molecule has 4 heteroatoms. The van der Waals surface area contributed by atoms with Crippen LogP contribution in [0.4, 0.5) is 0 Å². The largest absolute Gasteiger partial charge is 0.375 e. The van der Waals surface area contributed by atoms with Crippen LogP contribution in [-0.2, 0) is 4.74 Å². The Balaban J connectivity index is 1.76. The third-order valence-corrected chi connectivity index (χ3v) is 4.76. The fourth-order valence-corrected chi connectivity index (χ4v) is 3.85. The SMILES string of the molecule is NNC(c1cccc2cccnc12)C1CC2CCC1O2. The molecule has 2 aliphatic heterocycles. The highest BCUT2D eigenvalue weighted by molar-refractivity contribution is 5.82. The summed E-state index contributed by atoms with van der Waals surface area (Å²) >= 11 is 0. The number of ether oxygens (including phenoxy) is 1. The quantitative estimate of drug-likeness (QED) is 0.663. The topological polar surface area (TPSA) is 60.2 Å². The summed E-state index contributed by atoms with van der Waals surface area (Å²) in [6, 6.07) is 10.5. The molecule has 2 saturated heterocycles. The van der Waals surface area contributed by atoms with Crippen molar-refractivity contribution in [2.75, 3.05) is 0 Å². The molecule has 4 unspecified atom stereocenters. The molecule has 3 heterocycles. The van der Waals surface area contributed by atoms with Crippen molar-refractivity contribution in [3.8, 4) is 0 Å². The maximum atomic E-state index is 5.99. The Morgan fingerprint density at radius 2 is 2.15 bits per heavy atom. The van der Waals surface area contributed by atoms with E-state index in [0.717, 1.165) is 23.7 Å². The lowest BCUT2D eigenvalue weighted by atomic mass is 9.81. The number of rotatable bonds is 3. The Labute approximate surface area is 118 Å². The number of nitrogens with two attached hydrogens (primary N) is 1.